The van der Waals surface area contributed by atoms with E-state index in [0.717, 1.165) is 4.90 Å². The number of nitrogens with one attached hydrogen (secondary N) is 6. The Bertz CT molecular complexity index is 2280. The molecule has 76 heavy (non-hydrogen) atoms. The first-order valence-electron chi connectivity index (χ1n) is 24.4. The van der Waals surface area contributed by atoms with Crippen molar-refractivity contribution in [1.82, 2.24) is 46.6 Å². The van der Waals surface area contributed by atoms with E-state index < -0.39 is 200 Å². The highest BCUT2D eigenvalue weighted by atomic mass is 16.4. The van der Waals surface area contributed by atoms with Gasteiger partial charge in [0.1, 0.15) is 54.4 Å². The van der Waals surface area contributed by atoms with E-state index in [1.54, 1.807) is 0 Å². The fourth-order valence-electron chi connectivity index (χ4n) is 8.91. The van der Waals surface area contributed by atoms with E-state index in [2.05, 4.69) is 26.6 Å². The summed E-state index contributed by atoms with van der Waals surface area (Å²) in [5.74, 6) is -18.8. The number of rotatable bonds is 29. The number of amides is 10. The van der Waals surface area contributed by atoms with Crippen molar-refractivity contribution in [2.24, 2.45) is 17.4 Å². The van der Waals surface area contributed by atoms with E-state index in [-0.39, 0.29) is 38.9 Å². The number of primary amides is 1. The first-order valence-corrected chi connectivity index (χ1v) is 24.4. The number of likely N-dealkylation sites (tertiary alicyclic amines) is 3. The molecule has 10 amide bonds. The molecule has 0 aliphatic carbocycles. The number of nitrogens with zero attached hydrogens (tertiary/aromatic N) is 3. The number of nitrogens with two attached hydrogens (primary N) is 2. The van der Waals surface area contributed by atoms with Gasteiger partial charge in [-0.25, -0.2) is 4.79 Å². The highest BCUT2D eigenvalue weighted by Crippen LogP contribution is 2.26. The minimum atomic E-state index is -2.07. The Labute approximate surface area is 433 Å². The standard InChI is InChI=1S/C45H67N11O20/c1-20(2)35(41(71)49-23(11-13-32(60)61)37(67)52-26(45(75)76)19-34(64)65)53-40(70)28-8-4-14-54(28)43(73)25(17-30(47)57)51-38(68)24(18-33(62)63)50-36(66)22(10-12-31(58)59)48-39(69)27-7-5-15-55(27)44(74)29-9-6-16-56(29)42(72)21(3)46/h20-29,35H,4-19,46H2,1-3H3,(H2,47,57)(H,48,69)(H,49,71)(H,50,66)(H,51,68)(H,52,67)(H,53,70)(H,58,59)(H,60,61)(H,62,63)(H,64,65)(H,75,76)/t21-,22-,23-,24-,25-,26-,27-,28-,29-,35-/m0/s1. The van der Waals surface area contributed by atoms with Gasteiger partial charge in [-0.05, 0) is 64.2 Å². The third-order valence-corrected chi connectivity index (χ3v) is 12.7. The molecule has 0 aromatic rings. The van der Waals surface area contributed by atoms with Gasteiger partial charge in [0, 0.05) is 32.5 Å². The van der Waals surface area contributed by atoms with Gasteiger partial charge in [0.25, 0.3) is 0 Å². The Morgan fingerprint density at radius 3 is 1.36 bits per heavy atom. The Kier molecular flexibility index (Phi) is 23.5. The maximum atomic E-state index is 14.2. The summed E-state index contributed by atoms with van der Waals surface area (Å²) < 4.78 is 0. The van der Waals surface area contributed by atoms with Crippen LogP contribution in [0.25, 0.3) is 0 Å². The summed E-state index contributed by atoms with van der Waals surface area (Å²) in [6, 6.07) is -15.4. The predicted molar refractivity (Wildman–Crippen MR) is 254 cm³/mol. The number of carbonyl (C=O) groups is 15. The van der Waals surface area contributed by atoms with E-state index in [0.29, 0.717) is 19.3 Å². The molecule has 422 valence electrons. The molecular weight excluding hydrogens is 1010 g/mol. The molecule has 0 unspecified atom stereocenters. The first-order chi connectivity index (χ1) is 35.5. The highest BCUT2D eigenvalue weighted by Gasteiger charge is 2.45. The van der Waals surface area contributed by atoms with Gasteiger partial charge in [0.05, 0.1) is 25.3 Å². The van der Waals surface area contributed by atoms with Gasteiger partial charge in [-0.2, -0.15) is 0 Å². The van der Waals surface area contributed by atoms with E-state index in [4.69, 9.17) is 16.6 Å². The molecule has 0 aromatic carbocycles. The fraction of sp³-hybridized carbons (Fsp3) is 0.667. The summed E-state index contributed by atoms with van der Waals surface area (Å²) in [5.41, 5.74) is 11.2. The Hall–Kier alpha value is -7.99. The first kappa shape index (κ1) is 62.3. The molecule has 3 rings (SSSR count). The molecule has 15 N–H and O–H groups in total. The van der Waals surface area contributed by atoms with Crippen LogP contribution in [0.3, 0.4) is 0 Å². The molecule has 0 aromatic heterocycles. The van der Waals surface area contributed by atoms with Gasteiger partial charge >= 0.3 is 29.8 Å². The second-order valence-corrected chi connectivity index (χ2v) is 19.0. The SMILES string of the molecule is CC(C)[C@H](NC(=O)[C@@H]1CCCN1C(=O)[C@H](CC(N)=O)NC(=O)[C@H](CC(=O)O)NC(=O)[C@H](CCC(=O)O)NC(=O)[C@@H]1CCCN1C(=O)[C@@H]1CCCN1C(=O)[C@H](C)N)C(=O)N[C@@H](CCC(=O)O)C(=O)N[C@@H](CC(=O)O)C(=O)O. The maximum Gasteiger partial charge on any atom is 0.326 e. The van der Waals surface area contributed by atoms with Crippen molar-refractivity contribution in [2.75, 3.05) is 19.6 Å². The fourth-order valence-corrected chi connectivity index (χ4v) is 8.91. The van der Waals surface area contributed by atoms with Crippen molar-refractivity contribution in [2.45, 2.75) is 165 Å². The molecular formula is C45H67N11O20. The number of aliphatic carboxylic acids is 5. The summed E-state index contributed by atoms with van der Waals surface area (Å²) >= 11 is 0. The topological polar surface area (TPSA) is 491 Å². The van der Waals surface area contributed by atoms with Crippen molar-refractivity contribution in [3.63, 3.8) is 0 Å². The molecule has 3 aliphatic rings. The van der Waals surface area contributed by atoms with E-state index >= 15 is 0 Å². The van der Waals surface area contributed by atoms with Gasteiger partial charge in [0.2, 0.25) is 59.1 Å². The average Bonchev–Trinajstić information content (AvgIpc) is 4.13. The van der Waals surface area contributed by atoms with Gasteiger partial charge in [0.15, 0.2) is 0 Å². The van der Waals surface area contributed by atoms with Crippen LogP contribution < -0.4 is 43.4 Å². The van der Waals surface area contributed by atoms with Crippen LogP contribution in [0.4, 0.5) is 0 Å². The zero-order valence-electron chi connectivity index (χ0n) is 42.0. The lowest BCUT2D eigenvalue weighted by atomic mass is 10.0. The van der Waals surface area contributed by atoms with Crippen LogP contribution in [0, 0.1) is 5.92 Å². The van der Waals surface area contributed by atoms with Gasteiger partial charge < -0.3 is 83.6 Å². The van der Waals surface area contributed by atoms with Crippen molar-refractivity contribution in [3.05, 3.63) is 0 Å². The minimum Gasteiger partial charge on any atom is -0.481 e. The molecule has 31 heteroatoms. The number of hydrogen-bond donors (Lipinski definition) is 13. The normalized spacial score (nSPS) is 19.9. The molecule has 3 heterocycles. The van der Waals surface area contributed by atoms with Crippen LogP contribution >= 0.6 is 0 Å². The molecule has 0 spiro atoms. The van der Waals surface area contributed by atoms with Crippen LogP contribution in [-0.4, -0.2) is 209 Å². The van der Waals surface area contributed by atoms with E-state index in [9.17, 15) is 92.3 Å². The quantitative estimate of drug-likeness (QED) is 0.0332. The smallest absolute Gasteiger partial charge is 0.326 e. The molecule has 3 fully saturated rings. The van der Waals surface area contributed by atoms with E-state index in [1.807, 2.05) is 5.32 Å². The lowest BCUT2D eigenvalue weighted by Gasteiger charge is -2.32. The summed E-state index contributed by atoms with van der Waals surface area (Å²) in [6.45, 7) is 4.55. The van der Waals surface area contributed by atoms with Crippen LogP contribution in [0.5, 0.6) is 0 Å². The predicted octanol–water partition coefficient (Wildman–Crippen LogP) is -5.49. The van der Waals surface area contributed by atoms with Crippen molar-refractivity contribution >= 4 is 88.9 Å². The monoisotopic (exact) mass is 1080 g/mol. The number of hydrogen-bond acceptors (Lipinski definition) is 16. The Morgan fingerprint density at radius 1 is 0.474 bits per heavy atom. The number of carboxylic acids is 5. The molecule has 31 nitrogen and oxygen atoms in total. The van der Waals surface area contributed by atoms with Gasteiger partial charge in [-0.3, -0.25) is 67.1 Å². The minimum absolute atomic E-state index is 0.0643. The van der Waals surface area contributed by atoms with Crippen molar-refractivity contribution in [1.29, 1.82) is 0 Å². The number of carboxylic acid groups (broad SMARTS) is 5. The Morgan fingerprint density at radius 2 is 0.882 bits per heavy atom. The zero-order chi connectivity index (χ0) is 57.3. The molecule has 3 saturated heterocycles. The van der Waals surface area contributed by atoms with E-state index in [1.165, 1.54) is 30.6 Å². The molecule has 0 bridgehead atoms. The third-order valence-electron chi connectivity index (χ3n) is 12.7. The van der Waals surface area contributed by atoms with Crippen LogP contribution in [0.15, 0.2) is 0 Å². The highest BCUT2D eigenvalue weighted by molar-refractivity contribution is 6.00. The summed E-state index contributed by atoms with van der Waals surface area (Å²) in [6.07, 6.45) is -4.54. The second kappa shape index (κ2) is 28.6. The van der Waals surface area contributed by atoms with Gasteiger partial charge in [-0.1, -0.05) is 13.8 Å². The molecule has 10 atom stereocenters. The zero-order valence-corrected chi connectivity index (χ0v) is 42.0. The summed E-state index contributed by atoms with van der Waals surface area (Å²) in [7, 11) is 0. The molecule has 0 radical (unpaired) electrons. The van der Waals surface area contributed by atoms with Crippen LogP contribution in [-0.2, 0) is 71.9 Å². The Balaban J connectivity index is 1.82. The molecule has 0 saturated carbocycles. The largest absolute Gasteiger partial charge is 0.481 e. The van der Waals surface area contributed by atoms with Gasteiger partial charge in [-0.15, -0.1) is 0 Å². The second-order valence-electron chi connectivity index (χ2n) is 19.0. The lowest BCUT2D eigenvalue weighted by molar-refractivity contribution is -0.147. The summed E-state index contributed by atoms with van der Waals surface area (Å²) in [5, 5.41) is 60.3. The third kappa shape index (κ3) is 18.1. The number of carbonyl (C=O) groups excluding carboxylic acids is 10. The summed E-state index contributed by atoms with van der Waals surface area (Å²) in [4.78, 5) is 196. The van der Waals surface area contributed by atoms with Crippen molar-refractivity contribution < 1.29 is 97.5 Å². The lowest BCUT2D eigenvalue weighted by Crippen LogP contribution is -2.61. The van der Waals surface area contributed by atoms with Crippen LogP contribution in [0.2, 0.25) is 0 Å². The maximum absolute atomic E-state index is 14.2. The van der Waals surface area contributed by atoms with Crippen LogP contribution in [0.1, 0.15) is 104 Å². The van der Waals surface area contributed by atoms with Crippen molar-refractivity contribution in [3.8, 4) is 0 Å². The average molecular weight is 1080 g/mol. The molecule has 3 aliphatic heterocycles.